The Morgan fingerprint density at radius 1 is 1.35 bits per heavy atom. The van der Waals surface area contributed by atoms with E-state index in [2.05, 4.69) is 45.6 Å². The first-order valence-corrected chi connectivity index (χ1v) is 6.62. The highest BCUT2D eigenvalue weighted by Crippen LogP contribution is 2.16. The molecule has 0 aliphatic carbocycles. The molecule has 1 unspecified atom stereocenters. The minimum Gasteiger partial charge on any atom is -0.359 e. The first-order chi connectivity index (χ1) is 8.13. The molecule has 3 nitrogen and oxygen atoms in total. The maximum absolute atomic E-state index is 11.0. The summed E-state index contributed by atoms with van der Waals surface area (Å²) in [6, 6.07) is 8.59. The van der Waals surface area contributed by atoms with Crippen LogP contribution in [0.4, 0.5) is 0 Å². The lowest BCUT2D eigenvalue weighted by molar-refractivity contribution is -0.120. The Balaban J connectivity index is 2.27. The topological polar surface area (TPSA) is 41.1 Å². The van der Waals surface area contributed by atoms with Crippen molar-refractivity contribution in [3.8, 4) is 0 Å². The molecule has 1 rings (SSSR count). The normalized spacial score (nSPS) is 12.2. The second-order valence-electron chi connectivity index (χ2n) is 4.00. The molecule has 17 heavy (non-hydrogen) atoms. The predicted octanol–water partition coefficient (Wildman–Crippen LogP) is 2.63. The predicted molar refractivity (Wildman–Crippen MR) is 73.9 cm³/mol. The van der Waals surface area contributed by atoms with E-state index in [9.17, 15) is 4.79 Å². The molecule has 0 radical (unpaired) electrons. The average Bonchev–Trinajstić information content (AvgIpc) is 2.34. The zero-order valence-electron chi connectivity index (χ0n) is 10.3. The summed E-state index contributed by atoms with van der Waals surface area (Å²) < 4.78 is 1.09. The number of hydrogen-bond donors (Lipinski definition) is 2. The number of nitrogens with one attached hydrogen (secondary N) is 2. The van der Waals surface area contributed by atoms with Gasteiger partial charge in [0.05, 0.1) is 0 Å². The van der Waals surface area contributed by atoms with Gasteiger partial charge in [0.1, 0.15) is 0 Å². The van der Waals surface area contributed by atoms with Gasteiger partial charge in [0.25, 0.3) is 0 Å². The third-order valence-corrected chi connectivity index (χ3v) is 3.21. The summed E-state index contributed by atoms with van der Waals surface area (Å²) in [7, 11) is 1.67. The van der Waals surface area contributed by atoms with E-state index in [0.29, 0.717) is 12.5 Å². The van der Waals surface area contributed by atoms with Crippen LogP contribution in [0.3, 0.4) is 0 Å². The number of carbonyl (C=O) groups excluding carboxylic acids is 1. The molecular weight excluding hydrogens is 280 g/mol. The minimum absolute atomic E-state index is 0.100. The number of amides is 1. The quantitative estimate of drug-likeness (QED) is 0.793. The molecule has 1 aromatic carbocycles. The lowest BCUT2D eigenvalue weighted by atomic mass is 10.1. The van der Waals surface area contributed by atoms with E-state index in [1.165, 1.54) is 5.56 Å². The van der Waals surface area contributed by atoms with Crippen molar-refractivity contribution in [1.82, 2.24) is 10.6 Å². The average molecular weight is 299 g/mol. The Labute approximate surface area is 111 Å². The summed E-state index contributed by atoms with van der Waals surface area (Å²) in [4.78, 5) is 11.0. The van der Waals surface area contributed by atoms with E-state index in [1.54, 1.807) is 7.05 Å². The summed E-state index contributed by atoms with van der Waals surface area (Å²) in [5.74, 6) is 0.100. The first kappa shape index (κ1) is 14.2. The summed E-state index contributed by atoms with van der Waals surface area (Å²) in [5.41, 5.74) is 1.26. The fourth-order valence-electron chi connectivity index (χ4n) is 1.56. The minimum atomic E-state index is 0.100. The summed E-state index contributed by atoms with van der Waals surface area (Å²) in [6.45, 7) is 2.98. The van der Waals surface area contributed by atoms with Crippen molar-refractivity contribution in [2.75, 3.05) is 13.6 Å². The number of hydrogen-bond acceptors (Lipinski definition) is 2. The lowest BCUT2D eigenvalue weighted by Crippen LogP contribution is -2.23. The van der Waals surface area contributed by atoms with Gasteiger partial charge in [0.2, 0.25) is 5.91 Å². The molecule has 0 aromatic heterocycles. The maximum Gasteiger partial charge on any atom is 0.219 e. The van der Waals surface area contributed by atoms with Crippen LogP contribution in [-0.4, -0.2) is 19.5 Å². The summed E-state index contributed by atoms with van der Waals surface area (Å²) >= 11 is 3.42. The van der Waals surface area contributed by atoms with E-state index in [1.807, 2.05) is 12.1 Å². The number of rotatable bonds is 6. The zero-order chi connectivity index (χ0) is 12.7. The van der Waals surface area contributed by atoms with Crippen LogP contribution < -0.4 is 10.6 Å². The van der Waals surface area contributed by atoms with Crippen molar-refractivity contribution in [2.24, 2.45) is 0 Å². The summed E-state index contributed by atoms with van der Waals surface area (Å²) in [5, 5.41) is 6.02. The lowest BCUT2D eigenvalue weighted by Gasteiger charge is -2.14. The van der Waals surface area contributed by atoms with Crippen LogP contribution in [0.15, 0.2) is 28.7 Å². The third-order valence-electron chi connectivity index (χ3n) is 2.68. The molecule has 0 aliphatic heterocycles. The molecule has 0 bridgehead atoms. The zero-order valence-corrected chi connectivity index (χ0v) is 11.9. The van der Waals surface area contributed by atoms with Gasteiger partial charge in [-0.1, -0.05) is 28.1 Å². The van der Waals surface area contributed by atoms with E-state index in [4.69, 9.17) is 0 Å². The summed E-state index contributed by atoms with van der Waals surface area (Å²) in [6.07, 6.45) is 1.44. The van der Waals surface area contributed by atoms with Crippen LogP contribution in [0.5, 0.6) is 0 Å². The standard InChI is InChI=1S/C13H19BrN2O/c1-10(11-5-7-12(14)8-6-11)16-9-3-4-13(17)15-2/h5-8,10,16H,3-4,9H2,1-2H3,(H,15,17). The molecule has 0 saturated heterocycles. The Morgan fingerprint density at radius 3 is 2.59 bits per heavy atom. The molecular formula is C13H19BrN2O. The van der Waals surface area contributed by atoms with Crippen molar-refractivity contribution in [3.05, 3.63) is 34.3 Å². The first-order valence-electron chi connectivity index (χ1n) is 5.83. The van der Waals surface area contributed by atoms with Crippen molar-refractivity contribution in [2.45, 2.75) is 25.8 Å². The highest BCUT2D eigenvalue weighted by molar-refractivity contribution is 9.10. The second-order valence-corrected chi connectivity index (χ2v) is 4.92. The third kappa shape index (κ3) is 5.33. The van der Waals surface area contributed by atoms with Gasteiger partial charge >= 0.3 is 0 Å². The Bertz CT molecular complexity index is 351. The van der Waals surface area contributed by atoms with E-state index >= 15 is 0 Å². The molecule has 2 N–H and O–H groups in total. The van der Waals surface area contributed by atoms with Gasteiger partial charge in [0, 0.05) is 24.0 Å². The number of carbonyl (C=O) groups is 1. The van der Waals surface area contributed by atoms with Crippen LogP contribution in [0.25, 0.3) is 0 Å². The van der Waals surface area contributed by atoms with Crippen LogP contribution >= 0.6 is 15.9 Å². The molecule has 94 valence electrons. The van der Waals surface area contributed by atoms with Crippen LogP contribution in [0, 0.1) is 0 Å². The van der Waals surface area contributed by atoms with Crippen molar-refractivity contribution < 1.29 is 4.79 Å². The fourth-order valence-corrected chi connectivity index (χ4v) is 1.83. The SMILES string of the molecule is CNC(=O)CCCNC(C)c1ccc(Br)cc1. The highest BCUT2D eigenvalue weighted by atomic mass is 79.9. The number of halogens is 1. The van der Waals surface area contributed by atoms with Gasteiger partial charge in [-0.25, -0.2) is 0 Å². The molecule has 4 heteroatoms. The van der Waals surface area contributed by atoms with Crippen molar-refractivity contribution in [3.63, 3.8) is 0 Å². The molecule has 0 heterocycles. The van der Waals surface area contributed by atoms with E-state index in [0.717, 1.165) is 17.4 Å². The van der Waals surface area contributed by atoms with Crippen LogP contribution in [-0.2, 0) is 4.79 Å². The van der Waals surface area contributed by atoms with E-state index in [-0.39, 0.29) is 5.91 Å². The Kier molecular flexibility index (Phi) is 6.22. The molecule has 0 fully saturated rings. The van der Waals surface area contributed by atoms with Crippen molar-refractivity contribution >= 4 is 21.8 Å². The monoisotopic (exact) mass is 298 g/mol. The molecule has 0 aliphatic rings. The molecule has 0 spiro atoms. The maximum atomic E-state index is 11.0. The Hall–Kier alpha value is -0.870. The van der Waals surface area contributed by atoms with Crippen LogP contribution in [0.1, 0.15) is 31.4 Å². The Morgan fingerprint density at radius 2 is 2.00 bits per heavy atom. The highest BCUT2D eigenvalue weighted by Gasteiger charge is 2.04. The van der Waals surface area contributed by atoms with Crippen LogP contribution in [0.2, 0.25) is 0 Å². The van der Waals surface area contributed by atoms with Gasteiger partial charge in [-0.15, -0.1) is 0 Å². The molecule has 0 saturated carbocycles. The smallest absolute Gasteiger partial charge is 0.219 e. The number of benzene rings is 1. The second kappa shape index (κ2) is 7.45. The molecule has 1 aromatic rings. The molecule has 1 amide bonds. The largest absolute Gasteiger partial charge is 0.359 e. The van der Waals surface area contributed by atoms with Gasteiger partial charge in [0.15, 0.2) is 0 Å². The van der Waals surface area contributed by atoms with Gasteiger partial charge < -0.3 is 10.6 Å². The van der Waals surface area contributed by atoms with Gasteiger partial charge in [-0.2, -0.15) is 0 Å². The van der Waals surface area contributed by atoms with Gasteiger partial charge in [-0.05, 0) is 37.6 Å². The van der Waals surface area contributed by atoms with E-state index < -0.39 is 0 Å². The van der Waals surface area contributed by atoms with Gasteiger partial charge in [-0.3, -0.25) is 4.79 Å². The van der Waals surface area contributed by atoms with Crippen molar-refractivity contribution in [1.29, 1.82) is 0 Å². The fraction of sp³-hybridized carbons (Fsp3) is 0.462. The molecule has 1 atom stereocenters.